The molecule has 0 saturated carbocycles. The molecule has 0 spiro atoms. The Kier molecular flexibility index (Phi) is 4.72. The Labute approximate surface area is 127 Å². The van der Waals surface area contributed by atoms with Gasteiger partial charge in [0.1, 0.15) is 6.04 Å². The zero-order chi connectivity index (χ0) is 15.4. The maximum atomic E-state index is 12.1. The lowest BCUT2D eigenvalue weighted by Crippen LogP contribution is -2.27. The first-order valence-electron chi connectivity index (χ1n) is 6.45. The second-order valence-electron chi connectivity index (χ2n) is 4.69. The minimum atomic E-state index is -0.680. The van der Waals surface area contributed by atoms with E-state index >= 15 is 0 Å². The summed E-state index contributed by atoms with van der Waals surface area (Å²) in [4.78, 5) is 24.0. The van der Waals surface area contributed by atoms with Crippen LogP contribution in [0.4, 0.5) is 11.4 Å². The number of carbonyl (C=O) groups excluding carboxylic acids is 2. The third-order valence-corrected chi connectivity index (χ3v) is 3.89. The van der Waals surface area contributed by atoms with Crippen molar-refractivity contribution in [3.8, 4) is 0 Å². The molecule has 1 heterocycles. The van der Waals surface area contributed by atoms with Gasteiger partial charge in [-0.05, 0) is 42.1 Å². The minimum Gasteiger partial charge on any atom is -0.326 e. The van der Waals surface area contributed by atoms with Gasteiger partial charge in [-0.15, -0.1) is 11.3 Å². The normalized spacial score (nSPS) is 11.8. The summed E-state index contributed by atoms with van der Waals surface area (Å²) in [6.45, 7) is 3.31. The number of hydrogen-bond donors (Lipinski definition) is 3. The molecule has 0 aliphatic rings. The van der Waals surface area contributed by atoms with Gasteiger partial charge in [0.05, 0.1) is 0 Å². The molecule has 21 heavy (non-hydrogen) atoms. The van der Waals surface area contributed by atoms with Crippen LogP contribution in [0.2, 0.25) is 0 Å². The van der Waals surface area contributed by atoms with Crippen LogP contribution in [0.25, 0.3) is 0 Å². The van der Waals surface area contributed by atoms with Crippen molar-refractivity contribution in [3.05, 3.63) is 46.2 Å². The Morgan fingerprint density at radius 1 is 1.24 bits per heavy atom. The fraction of sp³-hybridized carbons (Fsp3) is 0.200. The summed E-state index contributed by atoms with van der Waals surface area (Å²) < 4.78 is 0. The average molecular weight is 303 g/mol. The maximum absolute atomic E-state index is 12.1. The highest BCUT2D eigenvalue weighted by Crippen LogP contribution is 2.22. The largest absolute Gasteiger partial charge is 0.326 e. The summed E-state index contributed by atoms with van der Waals surface area (Å²) in [7, 11) is 0. The molecule has 0 fully saturated rings. The number of carbonyl (C=O) groups is 2. The van der Waals surface area contributed by atoms with E-state index in [1.165, 1.54) is 18.3 Å². The molecule has 2 rings (SSSR count). The van der Waals surface area contributed by atoms with Gasteiger partial charge in [-0.2, -0.15) is 0 Å². The van der Waals surface area contributed by atoms with E-state index in [1.54, 1.807) is 18.2 Å². The summed E-state index contributed by atoms with van der Waals surface area (Å²) in [6.07, 6.45) is 0. The molecular formula is C15H17N3O2S. The highest BCUT2D eigenvalue weighted by Gasteiger charge is 2.17. The van der Waals surface area contributed by atoms with Crippen molar-refractivity contribution in [3.63, 3.8) is 0 Å². The summed E-state index contributed by atoms with van der Waals surface area (Å²) in [6, 6.07) is 8.30. The van der Waals surface area contributed by atoms with Crippen LogP contribution >= 0.6 is 11.3 Å². The fourth-order valence-corrected chi connectivity index (χ4v) is 2.61. The highest BCUT2D eigenvalue weighted by molar-refractivity contribution is 7.10. The van der Waals surface area contributed by atoms with E-state index in [0.29, 0.717) is 5.69 Å². The molecule has 1 aromatic carbocycles. The molecule has 110 valence electrons. The average Bonchev–Trinajstić information content (AvgIpc) is 2.94. The topological polar surface area (TPSA) is 84.2 Å². The lowest BCUT2D eigenvalue weighted by molar-refractivity contribution is -0.117. The van der Waals surface area contributed by atoms with Crippen LogP contribution in [0.15, 0.2) is 35.7 Å². The first kappa shape index (κ1) is 15.2. The Morgan fingerprint density at radius 2 is 2.00 bits per heavy atom. The van der Waals surface area contributed by atoms with E-state index in [0.717, 1.165) is 16.1 Å². The first-order chi connectivity index (χ1) is 9.97. The third-order valence-electron chi connectivity index (χ3n) is 2.94. The molecular weight excluding hydrogens is 286 g/mol. The number of amides is 2. The monoisotopic (exact) mass is 303 g/mol. The number of aryl methyl sites for hydroxylation is 1. The zero-order valence-corrected chi connectivity index (χ0v) is 12.7. The number of hydrogen-bond acceptors (Lipinski definition) is 4. The molecule has 0 aliphatic carbocycles. The Balaban J connectivity index is 2.08. The smallest absolute Gasteiger partial charge is 0.246 e. The summed E-state index contributed by atoms with van der Waals surface area (Å²) in [5, 5.41) is 7.39. The van der Waals surface area contributed by atoms with Gasteiger partial charge in [-0.25, -0.2) is 0 Å². The van der Waals surface area contributed by atoms with E-state index < -0.39 is 6.04 Å². The van der Waals surface area contributed by atoms with E-state index in [1.807, 2.05) is 24.4 Å². The molecule has 6 heteroatoms. The quantitative estimate of drug-likeness (QED) is 0.812. The van der Waals surface area contributed by atoms with Gasteiger partial charge >= 0.3 is 0 Å². The van der Waals surface area contributed by atoms with Crippen molar-refractivity contribution in [2.45, 2.75) is 19.9 Å². The second kappa shape index (κ2) is 6.51. The van der Waals surface area contributed by atoms with Crippen molar-refractivity contribution < 1.29 is 9.59 Å². The number of thiophene rings is 1. The summed E-state index contributed by atoms with van der Waals surface area (Å²) in [5.74, 6) is -0.390. The lowest BCUT2D eigenvalue weighted by atomic mass is 10.1. The molecule has 4 N–H and O–H groups in total. The maximum Gasteiger partial charge on any atom is 0.246 e. The number of rotatable bonds is 4. The molecule has 0 aliphatic heterocycles. The lowest BCUT2D eigenvalue weighted by Gasteiger charge is -2.13. The Bertz CT molecular complexity index is 653. The molecule has 5 nitrogen and oxygen atoms in total. The van der Waals surface area contributed by atoms with Crippen molar-refractivity contribution in [2.24, 2.45) is 5.73 Å². The van der Waals surface area contributed by atoms with Crippen LogP contribution < -0.4 is 16.4 Å². The SMILES string of the molecule is CC(=O)Nc1ccc(NC(=O)C(N)c2cccs2)cc1C. The predicted molar refractivity (Wildman–Crippen MR) is 85.4 cm³/mol. The highest BCUT2D eigenvalue weighted by atomic mass is 32.1. The standard InChI is InChI=1S/C15H17N3O2S/c1-9-8-11(5-6-12(9)17-10(2)19)18-15(20)14(16)13-4-3-7-21-13/h3-8,14H,16H2,1-2H3,(H,17,19)(H,18,20). The van der Waals surface area contributed by atoms with E-state index in [4.69, 9.17) is 5.73 Å². The summed E-state index contributed by atoms with van der Waals surface area (Å²) >= 11 is 1.45. The van der Waals surface area contributed by atoms with Crippen molar-refractivity contribution in [2.75, 3.05) is 10.6 Å². The molecule has 2 aromatic rings. The van der Waals surface area contributed by atoms with E-state index in [9.17, 15) is 9.59 Å². The molecule has 0 radical (unpaired) electrons. The van der Waals surface area contributed by atoms with Gasteiger partial charge in [-0.3, -0.25) is 9.59 Å². The number of benzene rings is 1. The third kappa shape index (κ3) is 3.90. The molecule has 1 unspecified atom stereocenters. The second-order valence-corrected chi connectivity index (χ2v) is 5.67. The van der Waals surface area contributed by atoms with Crippen LogP contribution in [0.1, 0.15) is 23.4 Å². The van der Waals surface area contributed by atoms with Crippen LogP contribution in [-0.2, 0) is 9.59 Å². The number of nitrogens with one attached hydrogen (secondary N) is 2. The van der Waals surface area contributed by atoms with Crippen LogP contribution in [0, 0.1) is 6.92 Å². The zero-order valence-electron chi connectivity index (χ0n) is 11.8. The van der Waals surface area contributed by atoms with Crippen molar-refractivity contribution in [1.29, 1.82) is 0 Å². The molecule has 0 bridgehead atoms. The Hall–Kier alpha value is -2.18. The van der Waals surface area contributed by atoms with Gasteiger partial charge in [0, 0.05) is 23.2 Å². The van der Waals surface area contributed by atoms with Crippen molar-refractivity contribution in [1.82, 2.24) is 0 Å². The molecule has 2 amide bonds. The van der Waals surface area contributed by atoms with E-state index in [-0.39, 0.29) is 11.8 Å². The molecule has 1 atom stereocenters. The van der Waals surface area contributed by atoms with Gasteiger partial charge < -0.3 is 16.4 Å². The van der Waals surface area contributed by atoms with Crippen LogP contribution in [0.5, 0.6) is 0 Å². The minimum absolute atomic E-state index is 0.130. The summed E-state index contributed by atoms with van der Waals surface area (Å²) in [5.41, 5.74) is 8.15. The van der Waals surface area contributed by atoms with Crippen LogP contribution in [-0.4, -0.2) is 11.8 Å². The van der Waals surface area contributed by atoms with Gasteiger partial charge in [0.25, 0.3) is 0 Å². The number of nitrogens with two attached hydrogens (primary N) is 1. The predicted octanol–water partition coefficient (Wildman–Crippen LogP) is 2.65. The first-order valence-corrected chi connectivity index (χ1v) is 7.33. The van der Waals surface area contributed by atoms with E-state index in [2.05, 4.69) is 10.6 Å². The van der Waals surface area contributed by atoms with Crippen LogP contribution in [0.3, 0.4) is 0 Å². The van der Waals surface area contributed by atoms with Gasteiger partial charge in [0.2, 0.25) is 11.8 Å². The molecule has 1 aromatic heterocycles. The number of anilines is 2. The van der Waals surface area contributed by atoms with Gasteiger partial charge in [-0.1, -0.05) is 6.07 Å². The molecule has 0 saturated heterocycles. The van der Waals surface area contributed by atoms with Gasteiger partial charge in [0.15, 0.2) is 0 Å². The van der Waals surface area contributed by atoms with Crippen molar-refractivity contribution >= 4 is 34.5 Å². The fourth-order valence-electron chi connectivity index (χ4n) is 1.89. The Morgan fingerprint density at radius 3 is 2.57 bits per heavy atom.